The summed E-state index contributed by atoms with van der Waals surface area (Å²) in [5.74, 6) is 0. The van der Waals surface area contributed by atoms with Crippen molar-refractivity contribution in [3.8, 4) is 0 Å². The van der Waals surface area contributed by atoms with Gasteiger partial charge in [-0.25, -0.2) is 0 Å². The summed E-state index contributed by atoms with van der Waals surface area (Å²) in [5.41, 5.74) is 7.88. The molecule has 0 N–H and O–H groups in total. The molecule has 0 fully saturated rings. The van der Waals surface area contributed by atoms with E-state index in [-0.39, 0.29) is 7.43 Å². The van der Waals surface area contributed by atoms with Gasteiger partial charge in [0.15, 0.2) is 0 Å². The first kappa shape index (κ1) is 26.2. The van der Waals surface area contributed by atoms with Crippen LogP contribution in [0.15, 0.2) is 156 Å². The Bertz CT molecular complexity index is 1610. The predicted molar refractivity (Wildman–Crippen MR) is 180 cm³/mol. The molecule has 40 heavy (non-hydrogen) atoms. The van der Waals surface area contributed by atoms with Gasteiger partial charge in [0.2, 0.25) is 8.07 Å². The first-order valence-electron chi connectivity index (χ1n) is 13.2. The van der Waals surface area contributed by atoms with Crippen LogP contribution in [0.2, 0.25) is 0 Å². The van der Waals surface area contributed by atoms with Crippen LogP contribution in [0.25, 0.3) is 21.5 Å². The fourth-order valence-corrected chi connectivity index (χ4v) is 15.5. The lowest BCUT2D eigenvalue weighted by atomic mass is 9.89. The second kappa shape index (κ2) is 11.2. The van der Waals surface area contributed by atoms with Crippen molar-refractivity contribution in [2.75, 3.05) is 0 Å². The normalized spacial score (nSPS) is 14.3. The van der Waals surface area contributed by atoms with E-state index in [1.54, 1.807) is 0 Å². The molecule has 0 saturated heterocycles. The second-order valence-corrected chi connectivity index (χ2v) is 15.9. The number of thiophene rings is 2. The Morgan fingerprint density at radius 1 is 0.350 bits per heavy atom. The molecular formula is C37H30S2Si. The summed E-state index contributed by atoms with van der Waals surface area (Å²) in [7, 11) is -2.72. The van der Waals surface area contributed by atoms with Crippen LogP contribution < -0.4 is 9.00 Å². The summed E-state index contributed by atoms with van der Waals surface area (Å²) in [6.45, 7) is 0. The first-order valence-corrected chi connectivity index (χ1v) is 16.9. The molecule has 4 aromatic carbocycles. The lowest BCUT2D eigenvalue weighted by Gasteiger charge is -2.33. The average molecular weight is 567 g/mol. The SMILES string of the molecule is C.c1ccc(C2=C(c3ccccc3)[Si](c3cccs3)(c3cccs3)C(c3ccccc3)=C2c2ccccc2)cc1. The molecule has 1 aliphatic heterocycles. The molecule has 0 aliphatic carbocycles. The number of benzene rings is 4. The van der Waals surface area contributed by atoms with Gasteiger partial charge in [-0.05, 0) is 54.6 Å². The standard InChI is InChI=1S/C36H26S2Si.CH4/c1-5-15-27(16-6-1)33-34(28-17-7-2-8-18-28)36(30-21-11-4-12-22-30)39(31-23-13-25-37-31,32-24-14-26-38-32)35(33)29-19-9-3-10-20-29;/h1-26H;1H4. The molecule has 6 aromatic rings. The highest BCUT2D eigenvalue weighted by Crippen LogP contribution is 2.55. The summed E-state index contributed by atoms with van der Waals surface area (Å²) in [6.07, 6.45) is 0. The number of hydrogen-bond acceptors (Lipinski definition) is 2. The van der Waals surface area contributed by atoms with Crippen LogP contribution in [-0.4, -0.2) is 8.07 Å². The van der Waals surface area contributed by atoms with Crippen LogP contribution in [-0.2, 0) is 0 Å². The lowest BCUT2D eigenvalue weighted by Crippen LogP contribution is -2.57. The van der Waals surface area contributed by atoms with Crippen molar-refractivity contribution in [2.45, 2.75) is 7.43 Å². The van der Waals surface area contributed by atoms with Crippen molar-refractivity contribution in [2.24, 2.45) is 0 Å². The van der Waals surface area contributed by atoms with E-state index in [1.165, 1.54) is 52.8 Å². The van der Waals surface area contributed by atoms with Crippen LogP contribution in [0, 0.1) is 0 Å². The molecule has 7 rings (SSSR count). The van der Waals surface area contributed by atoms with Gasteiger partial charge in [0.1, 0.15) is 0 Å². The fraction of sp³-hybridized carbons (Fsp3) is 0.0270. The molecule has 0 bridgehead atoms. The third-order valence-corrected chi connectivity index (χ3v) is 15.8. The zero-order chi connectivity index (χ0) is 26.1. The largest absolute Gasteiger partial charge is 0.204 e. The van der Waals surface area contributed by atoms with Gasteiger partial charge in [0.05, 0.1) is 0 Å². The van der Waals surface area contributed by atoms with Gasteiger partial charge in [-0.15, -0.1) is 0 Å². The third-order valence-electron chi connectivity index (χ3n) is 7.53. The van der Waals surface area contributed by atoms with E-state index in [2.05, 4.69) is 156 Å². The van der Waals surface area contributed by atoms with Crippen LogP contribution in [0.3, 0.4) is 0 Å². The molecule has 3 heterocycles. The maximum atomic E-state index is 2.39. The summed E-state index contributed by atoms with van der Waals surface area (Å²) >= 11 is 3.82. The number of hydrogen-bond donors (Lipinski definition) is 0. The third kappa shape index (κ3) is 4.18. The van der Waals surface area contributed by atoms with Gasteiger partial charge in [-0.2, -0.15) is 22.7 Å². The zero-order valence-electron chi connectivity index (χ0n) is 21.3. The quantitative estimate of drug-likeness (QED) is 0.176. The van der Waals surface area contributed by atoms with Crippen LogP contribution in [0.1, 0.15) is 29.7 Å². The highest BCUT2D eigenvalue weighted by atomic mass is 32.1. The van der Waals surface area contributed by atoms with Gasteiger partial charge >= 0.3 is 0 Å². The minimum atomic E-state index is -2.72. The van der Waals surface area contributed by atoms with Gasteiger partial charge in [0, 0.05) is 9.00 Å². The van der Waals surface area contributed by atoms with Crippen molar-refractivity contribution in [3.05, 3.63) is 179 Å². The Morgan fingerprint density at radius 3 is 0.975 bits per heavy atom. The molecular weight excluding hydrogens is 537 g/mol. The van der Waals surface area contributed by atoms with Gasteiger partial charge < -0.3 is 0 Å². The van der Waals surface area contributed by atoms with Crippen molar-refractivity contribution in [1.82, 2.24) is 0 Å². The molecule has 194 valence electrons. The van der Waals surface area contributed by atoms with E-state index >= 15 is 0 Å². The average Bonchev–Trinajstić information content (AvgIpc) is 3.79. The zero-order valence-corrected chi connectivity index (χ0v) is 24.0. The summed E-state index contributed by atoms with van der Waals surface area (Å²) in [5, 5.41) is 7.48. The van der Waals surface area contributed by atoms with Gasteiger partial charge in [-0.3, -0.25) is 0 Å². The fourth-order valence-electron chi connectivity index (χ4n) is 6.07. The van der Waals surface area contributed by atoms with Crippen molar-refractivity contribution >= 4 is 61.3 Å². The van der Waals surface area contributed by atoms with Crippen LogP contribution in [0.4, 0.5) is 0 Å². The van der Waals surface area contributed by atoms with E-state index < -0.39 is 8.07 Å². The Hall–Kier alpha value is -4.02. The number of rotatable bonds is 6. The maximum Gasteiger partial charge on any atom is 0.204 e. The maximum absolute atomic E-state index is 2.72. The number of allylic oxidation sites excluding steroid dienone is 2. The van der Waals surface area contributed by atoms with E-state index in [9.17, 15) is 0 Å². The molecule has 0 unspecified atom stereocenters. The molecule has 1 aliphatic rings. The summed E-state index contributed by atoms with van der Waals surface area (Å²) < 4.78 is 2.95. The first-order chi connectivity index (χ1) is 19.4. The van der Waals surface area contributed by atoms with Crippen molar-refractivity contribution in [1.29, 1.82) is 0 Å². The van der Waals surface area contributed by atoms with E-state index in [0.29, 0.717) is 0 Å². The van der Waals surface area contributed by atoms with Crippen LogP contribution >= 0.6 is 22.7 Å². The molecule has 0 spiro atoms. The summed E-state index contributed by atoms with van der Waals surface area (Å²) in [6, 6.07) is 53.6. The monoisotopic (exact) mass is 566 g/mol. The van der Waals surface area contributed by atoms with Gasteiger partial charge in [0.25, 0.3) is 0 Å². The lowest BCUT2D eigenvalue weighted by molar-refractivity contribution is 1.58. The van der Waals surface area contributed by atoms with E-state index in [1.807, 2.05) is 22.7 Å². The molecule has 3 heteroatoms. The molecule has 2 aromatic heterocycles. The minimum Gasteiger partial charge on any atom is -0.152 e. The second-order valence-electron chi connectivity index (χ2n) is 9.67. The Balaban J connectivity index is 0.00000289. The van der Waals surface area contributed by atoms with Crippen molar-refractivity contribution < 1.29 is 0 Å². The smallest absolute Gasteiger partial charge is 0.152 e. The molecule has 0 atom stereocenters. The topological polar surface area (TPSA) is 0 Å². The van der Waals surface area contributed by atoms with E-state index in [0.717, 1.165) is 0 Å². The highest BCUT2D eigenvalue weighted by Gasteiger charge is 2.54. The predicted octanol–water partition coefficient (Wildman–Crippen LogP) is 9.32. The Labute approximate surface area is 246 Å². The molecule has 0 amide bonds. The van der Waals surface area contributed by atoms with Crippen LogP contribution in [0.5, 0.6) is 0 Å². The highest BCUT2D eigenvalue weighted by molar-refractivity contribution is 7.47. The Morgan fingerprint density at radius 2 is 0.675 bits per heavy atom. The summed E-state index contributed by atoms with van der Waals surface area (Å²) in [4.78, 5) is 0. The minimum absolute atomic E-state index is 0. The van der Waals surface area contributed by atoms with E-state index in [4.69, 9.17) is 0 Å². The molecule has 0 saturated carbocycles. The van der Waals surface area contributed by atoms with Crippen molar-refractivity contribution in [3.63, 3.8) is 0 Å². The molecule has 0 nitrogen and oxygen atoms in total. The van der Waals surface area contributed by atoms with Gasteiger partial charge in [-0.1, -0.05) is 153 Å². The Kier molecular flexibility index (Phi) is 7.36. The molecule has 0 radical (unpaired) electrons.